The summed E-state index contributed by atoms with van der Waals surface area (Å²) < 4.78 is 32.8. The molecule has 3 aromatic rings. The Bertz CT molecular complexity index is 1290. The molecule has 0 atom stereocenters. The molecule has 3 aromatic carbocycles. The SMILES string of the molecule is CC1CCN(S(=O)(=O)c2ccc(NC(=S)NC(=O)COc3ccc4ccccc4c3)cc2)CC1. The van der Waals surface area contributed by atoms with Gasteiger partial charge in [0.15, 0.2) is 11.7 Å². The van der Waals surface area contributed by atoms with E-state index in [2.05, 4.69) is 17.6 Å². The van der Waals surface area contributed by atoms with Crippen LogP contribution in [-0.2, 0) is 14.8 Å². The number of hydrogen-bond acceptors (Lipinski definition) is 5. The van der Waals surface area contributed by atoms with Gasteiger partial charge < -0.3 is 10.1 Å². The van der Waals surface area contributed by atoms with Crippen molar-refractivity contribution in [1.29, 1.82) is 0 Å². The van der Waals surface area contributed by atoms with Gasteiger partial charge in [-0.2, -0.15) is 4.31 Å². The lowest BCUT2D eigenvalue weighted by Crippen LogP contribution is -2.38. The number of rotatable bonds is 6. The average molecular weight is 498 g/mol. The molecule has 1 amide bonds. The van der Waals surface area contributed by atoms with Gasteiger partial charge in [0, 0.05) is 18.8 Å². The number of anilines is 1. The summed E-state index contributed by atoms with van der Waals surface area (Å²) in [5.41, 5.74) is 0.576. The minimum Gasteiger partial charge on any atom is -0.484 e. The highest BCUT2D eigenvalue weighted by Gasteiger charge is 2.27. The minimum absolute atomic E-state index is 0.104. The highest BCUT2D eigenvalue weighted by atomic mass is 32.2. The molecule has 0 unspecified atom stereocenters. The normalized spacial score (nSPS) is 15.1. The second-order valence-corrected chi connectivity index (χ2v) is 10.8. The molecule has 1 heterocycles. The fraction of sp³-hybridized carbons (Fsp3) is 0.280. The average Bonchev–Trinajstić information content (AvgIpc) is 2.83. The second-order valence-electron chi connectivity index (χ2n) is 8.41. The molecule has 0 saturated carbocycles. The molecule has 4 rings (SSSR count). The number of carbonyl (C=O) groups excluding carboxylic acids is 1. The Morgan fingerprint density at radius 1 is 1.03 bits per heavy atom. The van der Waals surface area contributed by atoms with Gasteiger partial charge >= 0.3 is 0 Å². The van der Waals surface area contributed by atoms with Crippen LogP contribution in [0.25, 0.3) is 10.8 Å². The van der Waals surface area contributed by atoms with Crippen molar-refractivity contribution in [2.45, 2.75) is 24.7 Å². The lowest BCUT2D eigenvalue weighted by atomic mass is 10.0. The van der Waals surface area contributed by atoms with Gasteiger partial charge in [-0.3, -0.25) is 10.1 Å². The van der Waals surface area contributed by atoms with Crippen molar-refractivity contribution in [1.82, 2.24) is 9.62 Å². The number of ether oxygens (including phenoxy) is 1. The summed E-state index contributed by atoms with van der Waals surface area (Å²) in [5, 5.41) is 7.68. The van der Waals surface area contributed by atoms with Gasteiger partial charge in [-0.25, -0.2) is 8.42 Å². The van der Waals surface area contributed by atoms with E-state index in [1.807, 2.05) is 42.5 Å². The van der Waals surface area contributed by atoms with Gasteiger partial charge in [-0.15, -0.1) is 0 Å². The van der Waals surface area contributed by atoms with E-state index in [0.29, 0.717) is 30.4 Å². The van der Waals surface area contributed by atoms with Gasteiger partial charge in [0.05, 0.1) is 4.90 Å². The van der Waals surface area contributed by atoms with Crippen molar-refractivity contribution < 1.29 is 17.9 Å². The summed E-state index contributed by atoms with van der Waals surface area (Å²) in [6.45, 7) is 3.04. The van der Waals surface area contributed by atoms with E-state index in [9.17, 15) is 13.2 Å². The van der Waals surface area contributed by atoms with Crippen LogP contribution in [0.15, 0.2) is 71.6 Å². The number of fused-ring (bicyclic) bond motifs is 1. The van der Waals surface area contributed by atoms with Crippen LogP contribution in [0.2, 0.25) is 0 Å². The molecule has 2 N–H and O–H groups in total. The third-order valence-electron chi connectivity index (χ3n) is 5.84. The van der Waals surface area contributed by atoms with E-state index in [1.54, 1.807) is 24.3 Å². The largest absolute Gasteiger partial charge is 0.484 e. The van der Waals surface area contributed by atoms with Crippen molar-refractivity contribution in [3.63, 3.8) is 0 Å². The summed E-state index contributed by atoms with van der Waals surface area (Å²) in [6.07, 6.45) is 1.74. The summed E-state index contributed by atoms with van der Waals surface area (Å²) in [7, 11) is -3.51. The van der Waals surface area contributed by atoms with Crippen molar-refractivity contribution >= 4 is 49.7 Å². The molecule has 1 aliphatic heterocycles. The Morgan fingerprint density at radius 3 is 2.41 bits per heavy atom. The summed E-state index contributed by atoms with van der Waals surface area (Å²) >= 11 is 5.20. The maximum atomic E-state index is 12.8. The fourth-order valence-electron chi connectivity index (χ4n) is 3.82. The molecule has 178 valence electrons. The molecule has 0 radical (unpaired) electrons. The Labute approximate surface area is 205 Å². The Hall–Kier alpha value is -3.01. The Balaban J connectivity index is 1.28. The van der Waals surface area contributed by atoms with Crippen LogP contribution in [-0.4, -0.2) is 43.4 Å². The van der Waals surface area contributed by atoms with Crippen LogP contribution in [0.4, 0.5) is 5.69 Å². The molecule has 34 heavy (non-hydrogen) atoms. The van der Waals surface area contributed by atoms with Gasteiger partial charge in [-0.05, 0) is 78.1 Å². The quantitative estimate of drug-likeness (QED) is 0.498. The van der Waals surface area contributed by atoms with E-state index in [1.165, 1.54) is 4.31 Å². The summed E-state index contributed by atoms with van der Waals surface area (Å²) in [5.74, 6) is 0.740. The lowest BCUT2D eigenvalue weighted by molar-refractivity contribution is -0.121. The van der Waals surface area contributed by atoms with Crippen LogP contribution in [0, 0.1) is 5.92 Å². The van der Waals surface area contributed by atoms with Gasteiger partial charge in [-0.1, -0.05) is 37.3 Å². The predicted octanol–water partition coefficient (Wildman–Crippen LogP) is 4.15. The molecule has 9 heteroatoms. The fourth-order valence-corrected chi connectivity index (χ4v) is 5.52. The molecule has 1 fully saturated rings. The molecular weight excluding hydrogens is 470 g/mol. The van der Waals surface area contributed by atoms with E-state index in [0.717, 1.165) is 23.6 Å². The van der Waals surface area contributed by atoms with Crippen molar-refractivity contribution in [3.8, 4) is 5.75 Å². The standard InChI is InChI=1S/C25H27N3O4S2/c1-18-12-14-28(15-13-18)34(30,31)23-10-7-21(8-11-23)26-25(33)27-24(29)17-32-22-9-6-19-4-2-3-5-20(19)16-22/h2-11,16,18H,12-15,17H2,1H3,(H2,26,27,29,33). The van der Waals surface area contributed by atoms with Crippen LogP contribution in [0.5, 0.6) is 5.75 Å². The molecule has 1 aliphatic rings. The zero-order valence-electron chi connectivity index (χ0n) is 18.9. The molecule has 0 aromatic heterocycles. The maximum absolute atomic E-state index is 12.8. The highest BCUT2D eigenvalue weighted by molar-refractivity contribution is 7.89. The van der Waals surface area contributed by atoms with Crippen LogP contribution in [0.3, 0.4) is 0 Å². The lowest BCUT2D eigenvalue weighted by Gasteiger charge is -2.29. The number of nitrogens with zero attached hydrogens (tertiary/aromatic N) is 1. The van der Waals surface area contributed by atoms with Gasteiger partial charge in [0.2, 0.25) is 10.0 Å². The zero-order valence-corrected chi connectivity index (χ0v) is 20.5. The number of piperidine rings is 1. The van der Waals surface area contributed by atoms with Crippen molar-refractivity contribution in [3.05, 3.63) is 66.7 Å². The number of nitrogens with one attached hydrogen (secondary N) is 2. The van der Waals surface area contributed by atoms with E-state index in [-0.39, 0.29) is 16.6 Å². The first-order valence-corrected chi connectivity index (χ1v) is 13.0. The number of amides is 1. The van der Waals surface area contributed by atoms with Gasteiger partial charge in [0.25, 0.3) is 5.91 Å². The first-order valence-electron chi connectivity index (χ1n) is 11.1. The first kappa shape index (κ1) is 24.1. The maximum Gasteiger partial charge on any atom is 0.264 e. The third-order valence-corrected chi connectivity index (χ3v) is 7.95. The highest BCUT2D eigenvalue weighted by Crippen LogP contribution is 2.24. The topological polar surface area (TPSA) is 87.7 Å². The molecule has 0 bridgehead atoms. The van der Waals surface area contributed by atoms with Crippen LogP contribution >= 0.6 is 12.2 Å². The first-order chi connectivity index (χ1) is 16.3. The van der Waals surface area contributed by atoms with Gasteiger partial charge in [0.1, 0.15) is 5.75 Å². The zero-order chi connectivity index (χ0) is 24.1. The van der Waals surface area contributed by atoms with Crippen LogP contribution in [0.1, 0.15) is 19.8 Å². The Morgan fingerprint density at radius 2 is 1.71 bits per heavy atom. The third kappa shape index (κ3) is 5.91. The van der Waals surface area contributed by atoms with Crippen molar-refractivity contribution in [2.75, 3.05) is 25.0 Å². The van der Waals surface area contributed by atoms with Crippen molar-refractivity contribution in [2.24, 2.45) is 5.92 Å². The smallest absolute Gasteiger partial charge is 0.264 e. The molecule has 0 spiro atoms. The monoisotopic (exact) mass is 497 g/mol. The molecular formula is C25H27N3O4S2. The molecule has 1 saturated heterocycles. The van der Waals surface area contributed by atoms with E-state index < -0.39 is 15.9 Å². The Kier molecular flexibility index (Phi) is 7.45. The van der Waals surface area contributed by atoms with E-state index in [4.69, 9.17) is 17.0 Å². The predicted molar refractivity (Wildman–Crippen MR) is 137 cm³/mol. The number of carbonyl (C=O) groups is 1. The molecule has 7 nitrogen and oxygen atoms in total. The summed E-state index contributed by atoms with van der Waals surface area (Å²) in [6, 6.07) is 19.9. The number of hydrogen-bond donors (Lipinski definition) is 2. The second kappa shape index (κ2) is 10.5. The minimum atomic E-state index is -3.51. The molecule has 0 aliphatic carbocycles. The van der Waals surface area contributed by atoms with E-state index >= 15 is 0 Å². The van der Waals surface area contributed by atoms with Crippen LogP contribution < -0.4 is 15.4 Å². The number of sulfonamides is 1. The number of thiocarbonyl (C=S) groups is 1. The number of benzene rings is 3. The summed E-state index contributed by atoms with van der Waals surface area (Å²) in [4.78, 5) is 12.5.